The molecule has 1 aromatic rings. The van der Waals surface area contributed by atoms with E-state index in [1.54, 1.807) is 0 Å². The number of hydrazone groups is 1. The van der Waals surface area contributed by atoms with Crippen LogP contribution in [0.4, 0.5) is 0 Å². The van der Waals surface area contributed by atoms with Crippen LogP contribution < -0.4 is 11.2 Å². The van der Waals surface area contributed by atoms with Crippen molar-refractivity contribution in [1.82, 2.24) is 5.43 Å². The fourth-order valence-corrected chi connectivity index (χ4v) is 1.42. The number of nitrogens with zero attached hydrogens (tertiary/aromatic N) is 1. The van der Waals surface area contributed by atoms with Gasteiger partial charge in [0, 0.05) is 5.92 Å². The molecule has 0 amide bonds. The third kappa shape index (κ3) is 3.62. The normalized spacial score (nSPS) is 13.2. The topological polar surface area (TPSA) is 50.4 Å². The maximum Gasteiger partial charge on any atom is 0.184 e. The Morgan fingerprint density at radius 1 is 1.44 bits per heavy atom. The van der Waals surface area contributed by atoms with Gasteiger partial charge < -0.3 is 5.73 Å². The van der Waals surface area contributed by atoms with Crippen LogP contribution in [0.2, 0.25) is 0 Å². The zero-order valence-corrected chi connectivity index (χ0v) is 10.4. The van der Waals surface area contributed by atoms with Crippen molar-refractivity contribution in [1.29, 1.82) is 0 Å². The molecule has 0 aromatic heterocycles. The van der Waals surface area contributed by atoms with Gasteiger partial charge in [0.05, 0.1) is 5.71 Å². The molecule has 1 aromatic carbocycles. The fraction of sp³-hybridized carbons (Fsp3) is 0.333. The summed E-state index contributed by atoms with van der Waals surface area (Å²) in [7, 11) is 0. The highest BCUT2D eigenvalue weighted by Crippen LogP contribution is 2.12. The smallest absolute Gasteiger partial charge is 0.184 e. The van der Waals surface area contributed by atoms with Crippen molar-refractivity contribution >= 4 is 23.0 Å². The lowest BCUT2D eigenvalue weighted by Crippen LogP contribution is -2.27. The van der Waals surface area contributed by atoms with E-state index in [1.165, 1.54) is 0 Å². The van der Waals surface area contributed by atoms with Crippen LogP contribution in [0.15, 0.2) is 35.4 Å². The lowest BCUT2D eigenvalue weighted by atomic mass is 9.96. The molecule has 1 rings (SSSR count). The minimum absolute atomic E-state index is 0.191. The summed E-state index contributed by atoms with van der Waals surface area (Å²) >= 11 is 4.75. The summed E-state index contributed by atoms with van der Waals surface area (Å²) in [6, 6.07) is 10.0. The van der Waals surface area contributed by atoms with Gasteiger partial charge in [-0.2, -0.15) is 5.10 Å². The van der Waals surface area contributed by atoms with E-state index in [1.807, 2.05) is 30.3 Å². The van der Waals surface area contributed by atoms with Crippen LogP contribution in [0.3, 0.4) is 0 Å². The largest absolute Gasteiger partial charge is 0.375 e. The molecule has 4 heteroatoms. The number of thiocarbonyl (C=S) groups is 1. The van der Waals surface area contributed by atoms with Crippen LogP contribution >= 0.6 is 12.2 Å². The van der Waals surface area contributed by atoms with Gasteiger partial charge >= 0.3 is 0 Å². The van der Waals surface area contributed by atoms with Gasteiger partial charge in [0.15, 0.2) is 5.11 Å². The van der Waals surface area contributed by atoms with Crippen molar-refractivity contribution in [2.24, 2.45) is 16.8 Å². The van der Waals surface area contributed by atoms with Crippen molar-refractivity contribution < 1.29 is 0 Å². The molecule has 0 bridgehead atoms. The summed E-state index contributed by atoms with van der Waals surface area (Å²) in [6.45, 7) is 4.26. The minimum Gasteiger partial charge on any atom is -0.375 e. The monoisotopic (exact) mass is 235 g/mol. The van der Waals surface area contributed by atoms with E-state index in [0.29, 0.717) is 5.92 Å². The van der Waals surface area contributed by atoms with E-state index >= 15 is 0 Å². The van der Waals surface area contributed by atoms with E-state index in [2.05, 4.69) is 24.4 Å². The van der Waals surface area contributed by atoms with Gasteiger partial charge in [0.1, 0.15) is 0 Å². The Morgan fingerprint density at radius 2 is 2.06 bits per heavy atom. The van der Waals surface area contributed by atoms with Crippen molar-refractivity contribution in [2.45, 2.75) is 20.3 Å². The van der Waals surface area contributed by atoms with Gasteiger partial charge in [0.25, 0.3) is 0 Å². The van der Waals surface area contributed by atoms with Crippen LogP contribution in [-0.4, -0.2) is 10.8 Å². The Morgan fingerprint density at radius 3 is 2.56 bits per heavy atom. The number of benzene rings is 1. The second-order valence-corrected chi connectivity index (χ2v) is 4.09. The molecule has 0 radical (unpaired) electrons. The van der Waals surface area contributed by atoms with E-state index in [4.69, 9.17) is 18.0 Å². The lowest BCUT2D eigenvalue weighted by molar-refractivity contribution is 0.732. The van der Waals surface area contributed by atoms with Crippen LogP contribution in [-0.2, 0) is 0 Å². The second-order valence-electron chi connectivity index (χ2n) is 3.65. The number of rotatable bonds is 4. The molecule has 3 nitrogen and oxygen atoms in total. The maximum absolute atomic E-state index is 5.37. The number of hydrogen-bond acceptors (Lipinski definition) is 2. The summed E-state index contributed by atoms with van der Waals surface area (Å²) in [5.74, 6) is 0.365. The Balaban J connectivity index is 2.96. The maximum atomic E-state index is 5.37. The first kappa shape index (κ1) is 12.6. The number of nitrogens with two attached hydrogens (primary N) is 1. The standard InChI is InChI=1S/C12H17N3S/c1-3-9(2)11(14-15-12(13)16)10-7-5-4-6-8-10/h4-9H,3H2,1-2H3,(H3,13,15,16)/b14-11-. The van der Waals surface area contributed by atoms with E-state index in [0.717, 1.165) is 17.7 Å². The molecule has 16 heavy (non-hydrogen) atoms. The van der Waals surface area contributed by atoms with Gasteiger partial charge in [-0.25, -0.2) is 0 Å². The summed E-state index contributed by atoms with van der Waals surface area (Å²) in [5, 5.41) is 4.46. The highest BCUT2D eigenvalue weighted by atomic mass is 32.1. The SMILES string of the molecule is CCC(C)/C(=N/NC(N)=S)c1ccccc1. The van der Waals surface area contributed by atoms with Gasteiger partial charge in [-0.05, 0) is 24.2 Å². The molecule has 0 aliphatic rings. The van der Waals surface area contributed by atoms with E-state index < -0.39 is 0 Å². The lowest BCUT2D eigenvalue weighted by Gasteiger charge is -2.13. The quantitative estimate of drug-likeness (QED) is 0.478. The third-order valence-electron chi connectivity index (χ3n) is 2.44. The van der Waals surface area contributed by atoms with Crippen molar-refractivity contribution in [3.63, 3.8) is 0 Å². The molecular formula is C12H17N3S. The molecular weight excluding hydrogens is 218 g/mol. The molecule has 0 heterocycles. The van der Waals surface area contributed by atoms with Crippen molar-refractivity contribution in [2.75, 3.05) is 0 Å². The molecule has 0 spiro atoms. The molecule has 0 aliphatic carbocycles. The Bertz CT molecular complexity index is 373. The summed E-state index contributed by atoms with van der Waals surface area (Å²) in [4.78, 5) is 0. The van der Waals surface area contributed by atoms with Crippen LogP contribution in [0.1, 0.15) is 25.8 Å². The van der Waals surface area contributed by atoms with E-state index in [-0.39, 0.29) is 5.11 Å². The average molecular weight is 235 g/mol. The second kappa shape index (κ2) is 6.23. The highest BCUT2D eigenvalue weighted by molar-refractivity contribution is 7.80. The molecule has 0 fully saturated rings. The van der Waals surface area contributed by atoms with Crippen LogP contribution in [0, 0.1) is 5.92 Å². The third-order valence-corrected chi connectivity index (χ3v) is 2.53. The Labute approximate surface area is 102 Å². The zero-order valence-electron chi connectivity index (χ0n) is 9.60. The molecule has 0 saturated heterocycles. The van der Waals surface area contributed by atoms with Gasteiger partial charge in [-0.15, -0.1) is 0 Å². The van der Waals surface area contributed by atoms with Gasteiger partial charge in [-0.3, -0.25) is 5.43 Å². The fourth-order valence-electron chi connectivity index (χ4n) is 1.38. The first-order chi connectivity index (χ1) is 7.65. The average Bonchev–Trinajstić information content (AvgIpc) is 2.30. The molecule has 3 N–H and O–H groups in total. The summed E-state index contributed by atoms with van der Waals surface area (Å²) in [5.41, 5.74) is 10.1. The van der Waals surface area contributed by atoms with Gasteiger partial charge in [0.2, 0.25) is 0 Å². The minimum atomic E-state index is 0.191. The van der Waals surface area contributed by atoms with Gasteiger partial charge in [-0.1, -0.05) is 44.2 Å². The predicted molar refractivity (Wildman–Crippen MR) is 72.4 cm³/mol. The van der Waals surface area contributed by atoms with Crippen LogP contribution in [0.25, 0.3) is 0 Å². The summed E-state index contributed by atoms with van der Waals surface area (Å²) in [6.07, 6.45) is 1.02. The Kier molecular flexibility index (Phi) is 4.92. The zero-order chi connectivity index (χ0) is 12.0. The molecule has 0 aliphatic heterocycles. The number of hydrogen-bond donors (Lipinski definition) is 2. The molecule has 86 valence electrons. The van der Waals surface area contributed by atoms with Crippen molar-refractivity contribution in [3.05, 3.63) is 35.9 Å². The van der Waals surface area contributed by atoms with E-state index in [9.17, 15) is 0 Å². The predicted octanol–water partition coefficient (Wildman–Crippen LogP) is 2.27. The van der Waals surface area contributed by atoms with Crippen molar-refractivity contribution in [3.8, 4) is 0 Å². The Hall–Kier alpha value is -1.42. The van der Waals surface area contributed by atoms with Crippen LogP contribution in [0.5, 0.6) is 0 Å². The number of nitrogens with one attached hydrogen (secondary N) is 1. The first-order valence-electron chi connectivity index (χ1n) is 5.33. The highest BCUT2D eigenvalue weighted by Gasteiger charge is 2.10. The molecule has 1 unspecified atom stereocenters. The molecule has 1 atom stereocenters. The first-order valence-corrected chi connectivity index (χ1v) is 5.74. The molecule has 0 saturated carbocycles. The summed E-state index contributed by atoms with van der Waals surface area (Å²) < 4.78 is 0.